The maximum absolute atomic E-state index is 12.3. The lowest BCUT2D eigenvalue weighted by atomic mass is 9.88. The highest BCUT2D eigenvalue weighted by Crippen LogP contribution is 2.39. The first kappa shape index (κ1) is 22.5. The first-order valence-corrected chi connectivity index (χ1v) is 12.4. The zero-order valence-corrected chi connectivity index (χ0v) is 19.2. The van der Waals surface area contributed by atoms with Gasteiger partial charge in [0.2, 0.25) is 5.91 Å². The maximum Gasteiger partial charge on any atom is 0.409 e. The Hall–Kier alpha value is -2.67. The van der Waals surface area contributed by atoms with E-state index >= 15 is 0 Å². The zero-order chi connectivity index (χ0) is 22.5. The summed E-state index contributed by atoms with van der Waals surface area (Å²) in [4.78, 5) is 28.3. The van der Waals surface area contributed by atoms with Gasteiger partial charge in [0.25, 0.3) is 0 Å². The van der Waals surface area contributed by atoms with Gasteiger partial charge >= 0.3 is 6.09 Å². The van der Waals surface area contributed by atoms with Crippen LogP contribution in [0.15, 0.2) is 23.6 Å². The predicted octanol–water partition coefficient (Wildman–Crippen LogP) is 4.03. The molecule has 9 heteroatoms. The number of thiophene rings is 2. The second kappa shape index (κ2) is 10.3. The standard InChI is InChI=1S/C23H25N3O4S2/c24-13-19-18-5-3-15(14-30-23(29)26-9-7-16(27)8-10-26)12-20(18)32-22(19)25-21(28)6-4-17-2-1-11-31-17/h1-2,4,6,11,15-16,27H,3,5,7-10,12,14H2,(H,25,28). The number of aliphatic hydroxyl groups excluding tert-OH is 1. The van der Waals surface area contributed by atoms with Crippen LogP contribution in [-0.4, -0.2) is 47.8 Å². The van der Waals surface area contributed by atoms with Crippen molar-refractivity contribution in [3.8, 4) is 6.07 Å². The summed E-state index contributed by atoms with van der Waals surface area (Å²) in [5.41, 5.74) is 1.55. The van der Waals surface area contributed by atoms with Crippen LogP contribution in [0.2, 0.25) is 0 Å². The van der Waals surface area contributed by atoms with E-state index in [1.807, 2.05) is 17.5 Å². The second-order valence-electron chi connectivity index (χ2n) is 8.06. The first-order chi connectivity index (χ1) is 15.5. The molecule has 2 aromatic heterocycles. The molecule has 2 aromatic rings. The molecule has 0 aromatic carbocycles. The molecule has 3 heterocycles. The Kier molecular flexibility index (Phi) is 7.25. The van der Waals surface area contributed by atoms with Crippen LogP contribution in [0.4, 0.5) is 9.80 Å². The largest absolute Gasteiger partial charge is 0.449 e. The number of aliphatic hydroxyl groups is 1. The molecular weight excluding hydrogens is 446 g/mol. The zero-order valence-electron chi connectivity index (χ0n) is 17.6. The van der Waals surface area contributed by atoms with Crippen molar-refractivity contribution in [3.63, 3.8) is 0 Å². The second-order valence-corrected chi connectivity index (χ2v) is 10.1. The molecule has 0 spiro atoms. The first-order valence-electron chi connectivity index (χ1n) is 10.7. The molecule has 1 atom stereocenters. The summed E-state index contributed by atoms with van der Waals surface area (Å²) in [6, 6.07) is 6.11. The van der Waals surface area contributed by atoms with Crippen molar-refractivity contribution in [1.29, 1.82) is 5.26 Å². The molecule has 2 aliphatic rings. The number of piperidine rings is 1. The Morgan fingerprint density at radius 3 is 2.88 bits per heavy atom. The lowest BCUT2D eigenvalue weighted by Gasteiger charge is -2.30. The van der Waals surface area contributed by atoms with Gasteiger partial charge in [0.1, 0.15) is 11.1 Å². The topological polar surface area (TPSA) is 103 Å². The minimum Gasteiger partial charge on any atom is -0.449 e. The molecule has 0 saturated carbocycles. The summed E-state index contributed by atoms with van der Waals surface area (Å²) in [5, 5.41) is 24.6. The van der Waals surface area contributed by atoms with Crippen LogP contribution < -0.4 is 5.32 Å². The van der Waals surface area contributed by atoms with Crippen molar-refractivity contribution in [1.82, 2.24) is 4.90 Å². The van der Waals surface area contributed by atoms with Gasteiger partial charge in [-0.2, -0.15) is 5.26 Å². The van der Waals surface area contributed by atoms with E-state index in [2.05, 4.69) is 11.4 Å². The Morgan fingerprint density at radius 1 is 1.34 bits per heavy atom. The van der Waals surface area contributed by atoms with Gasteiger partial charge in [-0.05, 0) is 61.1 Å². The molecular formula is C23H25N3O4S2. The summed E-state index contributed by atoms with van der Waals surface area (Å²) in [6.07, 6.45) is 6.05. The Morgan fingerprint density at radius 2 is 2.16 bits per heavy atom. The van der Waals surface area contributed by atoms with Crippen LogP contribution in [0, 0.1) is 17.2 Å². The minimum absolute atomic E-state index is 0.189. The summed E-state index contributed by atoms with van der Waals surface area (Å²) in [6.45, 7) is 1.38. The van der Waals surface area contributed by atoms with E-state index in [4.69, 9.17) is 4.74 Å². The third-order valence-corrected chi connectivity index (χ3v) is 7.83. The number of anilines is 1. The lowest BCUT2D eigenvalue weighted by molar-refractivity contribution is -0.111. The van der Waals surface area contributed by atoms with Gasteiger partial charge in [-0.15, -0.1) is 22.7 Å². The number of ether oxygens (including phenoxy) is 1. The summed E-state index contributed by atoms with van der Waals surface area (Å²) in [7, 11) is 0. The van der Waals surface area contributed by atoms with Crippen LogP contribution in [0.3, 0.4) is 0 Å². The molecule has 1 aliphatic heterocycles. The summed E-state index contributed by atoms with van der Waals surface area (Å²) < 4.78 is 5.53. The fourth-order valence-corrected chi connectivity index (χ4v) is 5.96. The number of hydrogen-bond acceptors (Lipinski definition) is 7. The average Bonchev–Trinajstić information content (AvgIpc) is 3.43. The molecule has 1 aliphatic carbocycles. The molecule has 4 rings (SSSR count). The highest BCUT2D eigenvalue weighted by atomic mass is 32.1. The van der Waals surface area contributed by atoms with E-state index in [0.717, 1.165) is 34.6 Å². The molecule has 1 fully saturated rings. The van der Waals surface area contributed by atoms with Crippen molar-refractivity contribution >= 4 is 45.8 Å². The van der Waals surface area contributed by atoms with Crippen LogP contribution in [0.5, 0.6) is 0 Å². The minimum atomic E-state index is -0.329. The van der Waals surface area contributed by atoms with E-state index in [9.17, 15) is 20.0 Å². The van der Waals surface area contributed by atoms with E-state index < -0.39 is 0 Å². The van der Waals surface area contributed by atoms with E-state index in [1.54, 1.807) is 22.3 Å². The van der Waals surface area contributed by atoms with Gasteiger partial charge in [-0.1, -0.05) is 6.07 Å². The number of rotatable bonds is 5. The predicted molar refractivity (Wildman–Crippen MR) is 125 cm³/mol. The van der Waals surface area contributed by atoms with Crippen LogP contribution >= 0.6 is 22.7 Å². The van der Waals surface area contributed by atoms with Gasteiger partial charge in [0.05, 0.1) is 18.3 Å². The monoisotopic (exact) mass is 471 g/mol. The van der Waals surface area contributed by atoms with Crippen molar-refractivity contribution in [2.75, 3.05) is 25.0 Å². The number of nitrogens with zero attached hydrogens (tertiary/aromatic N) is 2. The van der Waals surface area contributed by atoms with E-state index in [-0.39, 0.29) is 24.0 Å². The number of fused-ring (bicyclic) bond motifs is 1. The number of carbonyl (C=O) groups excluding carboxylic acids is 2. The quantitative estimate of drug-likeness (QED) is 0.641. The number of hydrogen-bond donors (Lipinski definition) is 2. The average molecular weight is 472 g/mol. The number of likely N-dealkylation sites (tertiary alicyclic amines) is 1. The van der Waals surface area contributed by atoms with Crippen LogP contribution in [0.1, 0.15) is 40.1 Å². The van der Waals surface area contributed by atoms with Crippen LogP contribution in [-0.2, 0) is 22.4 Å². The molecule has 2 amide bonds. The number of carbonyl (C=O) groups is 2. The number of amides is 2. The smallest absolute Gasteiger partial charge is 0.409 e. The number of nitrogens with one attached hydrogen (secondary N) is 1. The van der Waals surface area contributed by atoms with Gasteiger partial charge in [-0.3, -0.25) is 4.79 Å². The molecule has 0 bridgehead atoms. The SMILES string of the molecule is N#Cc1c(NC(=O)C=Cc2cccs2)sc2c1CCC(COC(=O)N1CCC(O)CC1)C2. The summed E-state index contributed by atoms with van der Waals surface area (Å²) in [5.74, 6) is -0.0695. The Balaban J connectivity index is 1.34. The number of nitriles is 1. The normalized spacial score (nSPS) is 18.9. The molecule has 32 heavy (non-hydrogen) atoms. The van der Waals surface area contributed by atoms with Crippen molar-refractivity contribution in [3.05, 3.63) is 44.5 Å². The van der Waals surface area contributed by atoms with Gasteiger partial charge in [0.15, 0.2) is 0 Å². The fourth-order valence-electron chi connectivity index (χ4n) is 4.03. The molecule has 1 unspecified atom stereocenters. The van der Waals surface area contributed by atoms with Crippen molar-refractivity contribution in [2.24, 2.45) is 5.92 Å². The Bertz CT molecular complexity index is 1030. The third kappa shape index (κ3) is 5.38. The molecule has 2 N–H and O–H groups in total. The van der Waals surface area contributed by atoms with E-state index in [1.165, 1.54) is 17.4 Å². The van der Waals surface area contributed by atoms with Gasteiger partial charge in [0, 0.05) is 28.9 Å². The van der Waals surface area contributed by atoms with Gasteiger partial charge in [-0.25, -0.2) is 4.79 Å². The molecule has 1 saturated heterocycles. The molecule has 0 radical (unpaired) electrons. The van der Waals surface area contributed by atoms with Crippen LogP contribution in [0.25, 0.3) is 6.08 Å². The van der Waals surface area contributed by atoms with E-state index in [0.29, 0.717) is 43.1 Å². The van der Waals surface area contributed by atoms with Gasteiger partial charge < -0.3 is 20.1 Å². The Labute approximate surface area is 194 Å². The highest BCUT2D eigenvalue weighted by molar-refractivity contribution is 7.16. The lowest BCUT2D eigenvalue weighted by Crippen LogP contribution is -2.41. The highest BCUT2D eigenvalue weighted by Gasteiger charge is 2.28. The third-order valence-electron chi connectivity index (χ3n) is 5.82. The molecule has 7 nitrogen and oxygen atoms in total. The van der Waals surface area contributed by atoms with Crippen molar-refractivity contribution < 1.29 is 19.4 Å². The molecule has 168 valence electrons. The van der Waals surface area contributed by atoms with Crippen molar-refractivity contribution in [2.45, 2.75) is 38.2 Å². The maximum atomic E-state index is 12.3. The summed E-state index contributed by atoms with van der Waals surface area (Å²) >= 11 is 2.99. The fraction of sp³-hybridized carbons (Fsp3) is 0.435.